The number of thiophene rings is 1. The van der Waals surface area contributed by atoms with Crippen LogP contribution in [-0.4, -0.2) is 24.7 Å². The number of aliphatic carboxylic acids is 1. The van der Waals surface area contributed by atoms with Crippen molar-refractivity contribution in [2.24, 2.45) is 0 Å². The van der Waals surface area contributed by atoms with Crippen molar-refractivity contribution in [3.63, 3.8) is 0 Å². The summed E-state index contributed by atoms with van der Waals surface area (Å²) in [6.45, 7) is 0.0347. The van der Waals surface area contributed by atoms with Gasteiger partial charge in [0.1, 0.15) is 6.54 Å². The molecule has 1 N–H and O–H groups in total. The van der Waals surface area contributed by atoms with Crippen molar-refractivity contribution in [3.8, 4) is 0 Å². The largest absolute Gasteiger partial charge is 0.480 e. The molecule has 66 valence electrons. The van der Waals surface area contributed by atoms with Crippen LogP contribution in [0.4, 0.5) is 5.00 Å². The zero-order valence-electron chi connectivity index (χ0n) is 6.45. The number of nitrogens with zero attached hydrogens (tertiary/aromatic N) is 1. The minimum absolute atomic E-state index is 0.0347. The zero-order valence-corrected chi connectivity index (χ0v) is 8.85. The first-order valence-electron chi connectivity index (χ1n) is 3.28. The maximum atomic E-state index is 10.3. The van der Waals surface area contributed by atoms with Gasteiger partial charge in [-0.1, -0.05) is 0 Å². The summed E-state index contributed by atoms with van der Waals surface area (Å²) in [6.07, 6.45) is 0. The van der Waals surface area contributed by atoms with E-state index in [0.29, 0.717) is 0 Å². The lowest BCUT2D eigenvalue weighted by atomic mass is 10.5. The van der Waals surface area contributed by atoms with Crippen molar-refractivity contribution in [1.29, 1.82) is 0 Å². The normalized spacial score (nSPS) is 9.83. The van der Waals surface area contributed by atoms with Gasteiger partial charge in [-0.2, -0.15) is 0 Å². The van der Waals surface area contributed by atoms with Gasteiger partial charge in [-0.25, -0.2) is 0 Å². The van der Waals surface area contributed by atoms with Gasteiger partial charge in [-0.15, -0.1) is 11.3 Å². The SMILES string of the molecule is CN(CC(=O)O)c1ccc(Br)s1. The molecule has 0 aliphatic carbocycles. The Morgan fingerprint density at radius 3 is 2.83 bits per heavy atom. The van der Waals surface area contributed by atoms with E-state index in [1.165, 1.54) is 11.3 Å². The standard InChI is InChI=1S/C7H8BrNO2S/c1-9(4-7(10)11)6-3-2-5(8)12-6/h2-3H,4H2,1H3,(H,10,11). The summed E-state index contributed by atoms with van der Waals surface area (Å²) in [5, 5.41) is 9.45. The Balaban J connectivity index is 2.64. The molecule has 3 nitrogen and oxygen atoms in total. The van der Waals surface area contributed by atoms with Gasteiger partial charge in [-0.05, 0) is 28.1 Å². The van der Waals surface area contributed by atoms with E-state index in [1.807, 2.05) is 12.1 Å². The molecular formula is C7H8BrNO2S. The Labute approximate surface area is 82.7 Å². The molecule has 0 amide bonds. The molecule has 1 heterocycles. The highest BCUT2D eigenvalue weighted by Crippen LogP contribution is 2.28. The van der Waals surface area contributed by atoms with Crippen LogP contribution >= 0.6 is 27.3 Å². The maximum absolute atomic E-state index is 10.3. The van der Waals surface area contributed by atoms with Crippen LogP contribution in [0.3, 0.4) is 0 Å². The smallest absolute Gasteiger partial charge is 0.323 e. The van der Waals surface area contributed by atoms with Gasteiger partial charge in [0.25, 0.3) is 0 Å². The summed E-state index contributed by atoms with van der Waals surface area (Å²) >= 11 is 4.83. The van der Waals surface area contributed by atoms with Crippen molar-refractivity contribution >= 4 is 38.2 Å². The second kappa shape index (κ2) is 3.91. The van der Waals surface area contributed by atoms with Gasteiger partial charge in [0.15, 0.2) is 0 Å². The fraction of sp³-hybridized carbons (Fsp3) is 0.286. The number of anilines is 1. The summed E-state index contributed by atoms with van der Waals surface area (Å²) in [6, 6.07) is 3.79. The average Bonchev–Trinajstić information content (AvgIpc) is 2.34. The lowest BCUT2D eigenvalue weighted by Crippen LogP contribution is -2.24. The number of carboxylic acids is 1. The molecule has 1 aromatic heterocycles. The van der Waals surface area contributed by atoms with Gasteiger partial charge in [-0.3, -0.25) is 4.79 Å². The summed E-state index contributed by atoms with van der Waals surface area (Å²) in [5.41, 5.74) is 0. The quantitative estimate of drug-likeness (QED) is 0.892. The molecule has 0 aromatic carbocycles. The van der Waals surface area contributed by atoms with Crippen molar-refractivity contribution in [2.75, 3.05) is 18.5 Å². The molecule has 0 saturated heterocycles. The van der Waals surface area contributed by atoms with Crippen molar-refractivity contribution < 1.29 is 9.90 Å². The Kier molecular flexibility index (Phi) is 3.11. The third kappa shape index (κ3) is 2.49. The van der Waals surface area contributed by atoms with E-state index in [-0.39, 0.29) is 6.54 Å². The van der Waals surface area contributed by atoms with E-state index in [0.717, 1.165) is 8.79 Å². The van der Waals surface area contributed by atoms with Gasteiger partial charge >= 0.3 is 5.97 Å². The topological polar surface area (TPSA) is 40.5 Å². The van der Waals surface area contributed by atoms with E-state index >= 15 is 0 Å². The molecule has 0 radical (unpaired) electrons. The molecule has 1 rings (SSSR count). The molecule has 0 fully saturated rings. The first-order valence-corrected chi connectivity index (χ1v) is 4.89. The van der Waals surface area contributed by atoms with E-state index in [1.54, 1.807) is 11.9 Å². The van der Waals surface area contributed by atoms with Gasteiger partial charge in [0, 0.05) is 7.05 Å². The summed E-state index contributed by atoms with van der Waals surface area (Å²) in [5.74, 6) is -0.818. The third-order valence-electron chi connectivity index (χ3n) is 1.31. The fourth-order valence-electron chi connectivity index (χ4n) is 0.791. The van der Waals surface area contributed by atoms with E-state index in [4.69, 9.17) is 5.11 Å². The Morgan fingerprint density at radius 1 is 1.75 bits per heavy atom. The second-order valence-corrected chi connectivity index (χ2v) is 4.77. The fourth-order valence-corrected chi connectivity index (χ4v) is 2.11. The highest BCUT2D eigenvalue weighted by molar-refractivity contribution is 9.11. The number of halogens is 1. The second-order valence-electron chi connectivity index (χ2n) is 2.33. The lowest BCUT2D eigenvalue weighted by molar-refractivity contribution is -0.135. The number of likely N-dealkylation sites (N-methyl/N-ethyl adjacent to an activating group) is 1. The molecule has 0 bridgehead atoms. The van der Waals surface area contributed by atoms with Crippen LogP contribution < -0.4 is 4.90 Å². The molecule has 12 heavy (non-hydrogen) atoms. The highest BCUT2D eigenvalue weighted by Gasteiger charge is 2.06. The average molecular weight is 250 g/mol. The third-order valence-corrected chi connectivity index (χ3v) is 3.05. The highest BCUT2D eigenvalue weighted by atomic mass is 79.9. The van der Waals surface area contributed by atoms with Crippen LogP contribution in [0.5, 0.6) is 0 Å². The van der Waals surface area contributed by atoms with E-state index in [2.05, 4.69) is 15.9 Å². The summed E-state index contributed by atoms with van der Waals surface area (Å²) in [7, 11) is 1.76. The summed E-state index contributed by atoms with van der Waals surface area (Å²) in [4.78, 5) is 12.0. The van der Waals surface area contributed by atoms with Crippen LogP contribution in [-0.2, 0) is 4.79 Å². The molecule has 1 aromatic rings. The van der Waals surface area contributed by atoms with Crippen LogP contribution in [0.25, 0.3) is 0 Å². The monoisotopic (exact) mass is 249 g/mol. The summed E-state index contributed by atoms with van der Waals surface area (Å²) < 4.78 is 1.01. The van der Waals surface area contributed by atoms with Gasteiger partial charge in [0.05, 0.1) is 8.79 Å². The molecule has 0 aliphatic rings. The zero-order chi connectivity index (χ0) is 9.14. The molecular weight excluding hydrogens is 242 g/mol. The Morgan fingerprint density at radius 2 is 2.42 bits per heavy atom. The van der Waals surface area contributed by atoms with Crippen LogP contribution in [0.2, 0.25) is 0 Å². The molecule has 0 unspecified atom stereocenters. The minimum atomic E-state index is -0.818. The molecule has 0 spiro atoms. The molecule has 0 aliphatic heterocycles. The van der Waals surface area contributed by atoms with E-state index < -0.39 is 5.97 Å². The van der Waals surface area contributed by atoms with Gasteiger partial charge in [0.2, 0.25) is 0 Å². The lowest BCUT2D eigenvalue weighted by Gasteiger charge is -2.12. The van der Waals surface area contributed by atoms with Crippen molar-refractivity contribution in [1.82, 2.24) is 0 Å². The van der Waals surface area contributed by atoms with Crippen molar-refractivity contribution in [2.45, 2.75) is 0 Å². The first-order chi connectivity index (χ1) is 5.59. The predicted octanol–water partition coefficient (Wildman–Crippen LogP) is 2.03. The van der Waals surface area contributed by atoms with Crippen LogP contribution in [0, 0.1) is 0 Å². The van der Waals surface area contributed by atoms with Crippen LogP contribution in [0.1, 0.15) is 0 Å². The minimum Gasteiger partial charge on any atom is -0.480 e. The molecule has 0 saturated carbocycles. The number of carbonyl (C=O) groups is 1. The number of hydrogen-bond donors (Lipinski definition) is 1. The number of carboxylic acid groups (broad SMARTS) is 1. The Bertz CT molecular complexity index is 287. The van der Waals surface area contributed by atoms with E-state index in [9.17, 15) is 4.79 Å². The van der Waals surface area contributed by atoms with Gasteiger partial charge < -0.3 is 10.0 Å². The number of hydrogen-bond acceptors (Lipinski definition) is 3. The molecule has 0 atom stereocenters. The maximum Gasteiger partial charge on any atom is 0.323 e. The Hall–Kier alpha value is -0.550. The first kappa shape index (κ1) is 9.54. The van der Waals surface area contributed by atoms with Crippen molar-refractivity contribution in [3.05, 3.63) is 15.9 Å². The predicted molar refractivity (Wildman–Crippen MR) is 52.9 cm³/mol. The molecule has 5 heteroatoms. The van der Waals surface area contributed by atoms with Crippen LogP contribution in [0.15, 0.2) is 15.9 Å². The number of rotatable bonds is 3.